The number of aryl methyl sites for hydroxylation is 1. The number of carboxylic acids is 1. The third-order valence-corrected chi connectivity index (χ3v) is 3.33. The quantitative estimate of drug-likeness (QED) is 0.871. The number of rotatable bonds is 4. The molecule has 1 aromatic heterocycles. The lowest BCUT2D eigenvalue weighted by atomic mass is 10.1. The number of pyridine rings is 1. The fourth-order valence-corrected chi connectivity index (χ4v) is 2.07. The van der Waals surface area contributed by atoms with Crippen molar-refractivity contribution in [2.75, 3.05) is 11.9 Å². The van der Waals surface area contributed by atoms with Crippen LogP contribution in [0.4, 0.5) is 11.5 Å². The molecular weight excluding hydrogens is 276 g/mol. The lowest BCUT2D eigenvalue weighted by Crippen LogP contribution is -2.16. The second-order valence-corrected chi connectivity index (χ2v) is 4.78. The molecule has 1 aromatic carbocycles. The molecule has 0 fully saturated rings. The number of carbonyl (C=O) groups is 1. The van der Waals surface area contributed by atoms with Crippen molar-refractivity contribution in [3.63, 3.8) is 0 Å². The van der Waals surface area contributed by atoms with E-state index in [9.17, 15) is 9.90 Å². The molecule has 2 rings (SSSR count). The Morgan fingerprint density at radius 1 is 1.25 bits per heavy atom. The van der Waals surface area contributed by atoms with Crippen molar-refractivity contribution in [1.29, 1.82) is 0 Å². The van der Waals surface area contributed by atoms with E-state index in [1.165, 1.54) is 17.7 Å². The average molecular weight is 291 g/mol. The van der Waals surface area contributed by atoms with Crippen molar-refractivity contribution in [3.05, 3.63) is 52.7 Å². The highest BCUT2D eigenvalue weighted by Crippen LogP contribution is 2.27. The highest BCUT2D eigenvalue weighted by Gasteiger charge is 2.16. The van der Waals surface area contributed by atoms with E-state index in [4.69, 9.17) is 11.6 Å². The molecule has 0 aliphatic carbocycles. The van der Waals surface area contributed by atoms with Crippen LogP contribution in [-0.2, 0) is 6.42 Å². The Labute approximate surface area is 122 Å². The van der Waals surface area contributed by atoms with E-state index in [2.05, 4.69) is 11.9 Å². The maximum atomic E-state index is 11.3. The van der Waals surface area contributed by atoms with Crippen molar-refractivity contribution in [1.82, 2.24) is 4.98 Å². The minimum atomic E-state index is -1.03. The summed E-state index contributed by atoms with van der Waals surface area (Å²) in [5.41, 5.74) is 2.20. The van der Waals surface area contributed by atoms with Crippen LogP contribution in [0.15, 0.2) is 36.4 Å². The molecule has 0 unspecified atom stereocenters. The van der Waals surface area contributed by atoms with E-state index in [1.807, 2.05) is 24.3 Å². The van der Waals surface area contributed by atoms with E-state index in [0.717, 1.165) is 12.1 Å². The van der Waals surface area contributed by atoms with Crippen molar-refractivity contribution < 1.29 is 9.90 Å². The highest BCUT2D eigenvalue weighted by atomic mass is 35.5. The SMILES string of the molecule is CCc1ccc(N(C)c2nc(Cl)ccc2C(=O)O)cc1. The van der Waals surface area contributed by atoms with Gasteiger partial charge >= 0.3 is 5.97 Å². The fourth-order valence-electron chi connectivity index (χ4n) is 1.93. The molecule has 0 atom stereocenters. The minimum Gasteiger partial charge on any atom is -0.478 e. The summed E-state index contributed by atoms with van der Waals surface area (Å²) in [5, 5.41) is 9.49. The van der Waals surface area contributed by atoms with Crippen LogP contribution >= 0.6 is 11.6 Å². The summed E-state index contributed by atoms with van der Waals surface area (Å²) in [6.45, 7) is 2.08. The summed E-state index contributed by atoms with van der Waals surface area (Å²) in [4.78, 5) is 17.1. The molecule has 2 aromatic rings. The number of hydrogen-bond acceptors (Lipinski definition) is 3. The van der Waals surface area contributed by atoms with Crippen LogP contribution in [0.3, 0.4) is 0 Å². The Kier molecular flexibility index (Phi) is 4.25. The Hall–Kier alpha value is -2.07. The number of aromatic carboxylic acids is 1. The molecule has 0 saturated heterocycles. The Balaban J connectivity index is 2.43. The van der Waals surface area contributed by atoms with Crippen molar-refractivity contribution in [2.45, 2.75) is 13.3 Å². The molecular formula is C15H15ClN2O2. The maximum Gasteiger partial charge on any atom is 0.339 e. The first-order chi connectivity index (χ1) is 9.52. The van der Waals surface area contributed by atoms with Gasteiger partial charge in [-0.05, 0) is 36.2 Å². The second kappa shape index (κ2) is 5.92. The molecule has 0 aliphatic rings. The number of hydrogen-bond donors (Lipinski definition) is 1. The van der Waals surface area contributed by atoms with Gasteiger partial charge in [0.2, 0.25) is 0 Å². The molecule has 0 amide bonds. The fraction of sp³-hybridized carbons (Fsp3) is 0.200. The number of nitrogens with zero attached hydrogens (tertiary/aromatic N) is 2. The zero-order valence-corrected chi connectivity index (χ0v) is 12.1. The van der Waals surface area contributed by atoms with Crippen molar-refractivity contribution in [3.8, 4) is 0 Å². The van der Waals surface area contributed by atoms with Gasteiger partial charge in [-0.15, -0.1) is 0 Å². The molecule has 0 spiro atoms. The first-order valence-electron chi connectivity index (χ1n) is 6.25. The van der Waals surface area contributed by atoms with E-state index >= 15 is 0 Å². The van der Waals surface area contributed by atoms with Gasteiger partial charge in [-0.2, -0.15) is 0 Å². The molecule has 4 nitrogen and oxygen atoms in total. The number of aromatic nitrogens is 1. The van der Waals surface area contributed by atoms with Gasteiger partial charge in [0.25, 0.3) is 0 Å². The van der Waals surface area contributed by atoms with Gasteiger partial charge in [-0.3, -0.25) is 0 Å². The molecule has 20 heavy (non-hydrogen) atoms. The largest absolute Gasteiger partial charge is 0.478 e. The topological polar surface area (TPSA) is 53.4 Å². The zero-order valence-electron chi connectivity index (χ0n) is 11.3. The van der Waals surface area contributed by atoms with Crippen LogP contribution in [-0.4, -0.2) is 23.1 Å². The first-order valence-corrected chi connectivity index (χ1v) is 6.63. The van der Waals surface area contributed by atoms with Gasteiger partial charge in [0, 0.05) is 12.7 Å². The standard InChI is InChI=1S/C15H15ClN2O2/c1-3-10-4-6-11(7-5-10)18(2)14-12(15(19)20)8-9-13(16)17-14/h4-9H,3H2,1-2H3,(H,19,20). The minimum absolute atomic E-state index is 0.122. The zero-order chi connectivity index (χ0) is 14.7. The summed E-state index contributed by atoms with van der Waals surface area (Å²) in [7, 11) is 1.77. The lowest BCUT2D eigenvalue weighted by Gasteiger charge is -2.20. The molecule has 1 N–H and O–H groups in total. The van der Waals surface area contributed by atoms with Gasteiger partial charge in [0.05, 0.1) is 0 Å². The van der Waals surface area contributed by atoms with Crippen LogP contribution in [0.5, 0.6) is 0 Å². The van der Waals surface area contributed by atoms with Crippen LogP contribution < -0.4 is 4.90 Å². The molecule has 5 heteroatoms. The third kappa shape index (κ3) is 2.91. The predicted octanol–water partition coefficient (Wildman–Crippen LogP) is 3.76. The Morgan fingerprint density at radius 3 is 2.45 bits per heavy atom. The number of benzene rings is 1. The smallest absolute Gasteiger partial charge is 0.339 e. The normalized spacial score (nSPS) is 10.3. The van der Waals surface area contributed by atoms with Gasteiger partial charge in [0.15, 0.2) is 0 Å². The molecule has 0 saturated carbocycles. The van der Waals surface area contributed by atoms with E-state index in [0.29, 0.717) is 5.82 Å². The molecule has 0 bridgehead atoms. The van der Waals surface area contributed by atoms with Gasteiger partial charge in [0.1, 0.15) is 16.5 Å². The molecule has 0 aliphatic heterocycles. The summed E-state index contributed by atoms with van der Waals surface area (Å²) in [5.74, 6) is -0.699. The maximum absolute atomic E-state index is 11.3. The van der Waals surface area contributed by atoms with Gasteiger partial charge in [-0.25, -0.2) is 9.78 Å². The number of carboxylic acid groups (broad SMARTS) is 1. The second-order valence-electron chi connectivity index (χ2n) is 4.39. The average Bonchev–Trinajstić information content (AvgIpc) is 2.46. The number of halogens is 1. The van der Waals surface area contributed by atoms with E-state index in [-0.39, 0.29) is 10.7 Å². The third-order valence-electron chi connectivity index (χ3n) is 3.12. The Morgan fingerprint density at radius 2 is 1.90 bits per heavy atom. The van der Waals surface area contributed by atoms with Crippen LogP contribution in [0.2, 0.25) is 5.15 Å². The number of anilines is 2. The van der Waals surface area contributed by atoms with Crippen LogP contribution in [0.25, 0.3) is 0 Å². The monoisotopic (exact) mass is 290 g/mol. The predicted molar refractivity (Wildman–Crippen MR) is 80.1 cm³/mol. The summed E-state index contributed by atoms with van der Waals surface area (Å²) >= 11 is 5.87. The van der Waals surface area contributed by atoms with Crippen molar-refractivity contribution in [2.24, 2.45) is 0 Å². The lowest BCUT2D eigenvalue weighted by molar-refractivity contribution is 0.0697. The van der Waals surface area contributed by atoms with Crippen molar-refractivity contribution >= 4 is 29.1 Å². The molecule has 1 heterocycles. The van der Waals surface area contributed by atoms with E-state index < -0.39 is 5.97 Å². The van der Waals surface area contributed by atoms with E-state index in [1.54, 1.807) is 11.9 Å². The molecule has 104 valence electrons. The molecule has 0 radical (unpaired) electrons. The highest BCUT2D eigenvalue weighted by molar-refractivity contribution is 6.29. The van der Waals surface area contributed by atoms with Crippen LogP contribution in [0, 0.1) is 0 Å². The summed E-state index contributed by atoms with van der Waals surface area (Å²) in [6, 6.07) is 10.8. The van der Waals surface area contributed by atoms with Gasteiger partial charge in [-0.1, -0.05) is 30.7 Å². The first kappa shape index (κ1) is 14.3. The summed E-state index contributed by atoms with van der Waals surface area (Å²) < 4.78 is 0. The van der Waals surface area contributed by atoms with Crippen LogP contribution in [0.1, 0.15) is 22.8 Å². The summed E-state index contributed by atoms with van der Waals surface area (Å²) in [6.07, 6.45) is 0.958. The Bertz CT molecular complexity index is 626. The van der Waals surface area contributed by atoms with Gasteiger partial charge < -0.3 is 10.0 Å².